The fraction of sp³-hybridized carbons (Fsp3) is 0.400. The van der Waals surface area contributed by atoms with E-state index in [9.17, 15) is 4.79 Å². The lowest BCUT2D eigenvalue weighted by Gasteiger charge is -2.20. The number of benzene rings is 1. The number of aryl methyl sites for hydroxylation is 2. The predicted octanol–water partition coefficient (Wildman–Crippen LogP) is 5.06. The maximum absolute atomic E-state index is 12.5. The quantitative estimate of drug-likeness (QED) is 0.751. The molecule has 1 aliphatic heterocycles. The number of anilines is 1. The van der Waals surface area contributed by atoms with Crippen molar-refractivity contribution in [2.24, 2.45) is 4.99 Å². The Bertz CT molecular complexity index is 757. The van der Waals surface area contributed by atoms with Gasteiger partial charge < -0.3 is 0 Å². The number of fused-ring (bicyclic) bond motifs is 1. The molecule has 0 spiro atoms. The van der Waals surface area contributed by atoms with Gasteiger partial charge in [-0.2, -0.15) is 0 Å². The van der Waals surface area contributed by atoms with E-state index in [1.807, 2.05) is 25.7 Å². The monoisotopic (exact) mass is 342 g/mol. The minimum Gasteiger partial charge on any atom is -0.297 e. The highest BCUT2D eigenvalue weighted by atomic mass is 32.1. The van der Waals surface area contributed by atoms with Gasteiger partial charge in [0.2, 0.25) is 5.91 Å². The molecule has 0 saturated heterocycles. The van der Waals surface area contributed by atoms with Crippen LogP contribution in [-0.2, 0) is 11.3 Å². The molecular weight excluding hydrogens is 316 g/mol. The van der Waals surface area contributed by atoms with Crippen molar-refractivity contribution >= 4 is 28.0 Å². The molecule has 1 aromatic heterocycles. The molecule has 2 heterocycles. The standard InChI is InChI=1S/C18H20N2OS.C2H6/c1-11-5-7-15(8-6-11)10-20-16(21)9-19-13(3)17-12(2)14(4)22-18(17)20;1-2/h5-8H,9-10H2,1-4H3;1-2H3. The van der Waals surface area contributed by atoms with Crippen LogP contribution < -0.4 is 4.90 Å². The molecule has 3 nitrogen and oxygen atoms in total. The fourth-order valence-electron chi connectivity index (χ4n) is 2.73. The van der Waals surface area contributed by atoms with Crippen LogP contribution in [0.25, 0.3) is 0 Å². The van der Waals surface area contributed by atoms with Crippen LogP contribution in [0.4, 0.5) is 5.00 Å². The van der Waals surface area contributed by atoms with E-state index in [1.165, 1.54) is 16.0 Å². The first-order chi connectivity index (χ1) is 11.5. The van der Waals surface area contributed by atoms with Gasteiger partial charge in [-0.1, -0.05) is 43.7 Å². The van der Waals surface area contributed by atoms with Gasteiger partial charge in [0.05, 0.1) is 6.54 Å². The van der Waals surface area contributed by atoms with E-state index < -0.39 is 0 Å². The van der Waals surface area contributed by atoms with Crippen LogP contribution >= 0.6 is 11.3 Å². The first-order valence-electron chi connectivity index (χ1n) is 8.44. The van der Waals surface area contributed by atoms with Crippen LogP contribution in [0.1, 0.15) is 47.9 Å². The third kappa shape index (κ3) is 3.59. The van der Waals surface area contributed by atoms with E-state index >= 15 is 0 Å². The summed E-state index contributed by atoms with van der Waals surface area (Å²) in [5.41, 5.74) is 5.73. The van der Waals surface area contributed by atoms with E-state index in [2.05, 4.69) is 50.0 Å². The summed E-state index contributed by atoms with van der Waals surface area (Å²) in [6.45, 7) is 13.1. The minimum absolute atomic E-state index is 0.0694. The Hall–Kier alpha value is -1.94. The lowest BCUT2D eigenvalue weighted by atomic mass is 10.1. The molecule has 128 valence electrons. The zero-order chi connectivity index (χ0) is 17.9. The van der Waals surface area contributed by atoms with Crippen LogP contribution in [0.15, 0.2) is 29.3 Å². The van der Waals surface area contributed by atoms with Crippen LogP contribution in [0, 0.1) is 20.8 Å². The first kappa shape index (κ1) is 18.4. The molecule has 0 radical (unpaired) electrons. The van der Waals surface area contributed by atoms with E-state index in [-0.39, 0.29) is 12.5 Å². The highest BCUT2D eigenvalue weighted by Crippen LogP contribution is 2.38. The summed E-state index contributed by atoms with van der Waals surface area (Å²) >= 11 is 1.69. The zero-order valence-corrected chi connectivity index (χ0v) is 16.3. The van der Waals surface area contributed by atoms with E-state index in [0.29, 0.717) is 6.54 Å². The highest BCUT2D eigenvalue weighted by Gasteiger charge is 2.27. The van der Waals surface area contributed by atoms with Gasteiger partial charge in [0.25, 0.3) is 0 Å². The molecular formula is C20H26N2OS. The van der Waals surface area contributed by atoms with Crippen molar-refractivity contribution in [1.82, 2.24) is 0 Å². The molecule has 1 amide bonds. The molecule has 0 unspecified atom stereocenters. The van der Waals surface area contributed by atoms with Crippen LogP contribution in [0.5, 0.6) is 0 Å². The smallest absolute Gasteiger partial charge is 0.249 e. The van der Waals surface area contributed by atoms with Gasteiger partial charge in [-0.15, -0.1) is 11.3 Å². The highest BCUT2D eigenvalue weighted by molar-refractivity contribution is 7.17. The average molecular weight is 343 g/mol. The molecule has 0 N–H and O–H groups in total. The van der Waals surface area contributed by atoms with Crippen LogP contribution in [0.2, 0.25) is 0 Å². The number of rotatable bonds is 2. The molecule has 1 aliphatic rings. The Morgan fingerprint density at radius 2 is 1.71 bits per heavy atom. The number of carbonyl (C=O) groups is 1. The summed E-state index contributed by atoms with van der Waals surface area (Å²) in [6.07, 6.45) is 0. The average Bonchev–Trinajstić information content (AvgIpc) is 2.82. The summed E-state index contributed by atoms with van der Waals surface area (Å²) in [5, 5.41) is 1.04. The molecule has 24 heavy (non-hydrogen) atoms. The molecule has 0 aliphatic carbocycles. The SMILES string of the molecule is CC.CC1=NCC(=O)N(Cc2ccc(C)cc2)c2sc(C)c(C)c21. The fourth-order valence-corrected chi connectivity index (χ4v) is 3.95. The molecule has 4 heteroatoms. The molecule has 3 rings (SSSR count). The molecule has 1 aromatic carbocycles. The number of hydrogen-bond donors (Lipinski definition) is 0. The maximum atomic E-state index is 12.5. The third-order valence-electron chi connectivity index (χ3n) is 4.19. The third-order valence-corrected chi connectivity index (χ3v) is 5.42. The Balaban J connectivity index is 0.00000100. The van der Waals surface area contributed by atoms with Crippen molar-refractivity contribution in [2.75, 3.05) is 11.4 Å². The van der Waals surface area contributed by atoms with Crippen molar-refractivity contribution in [3.05, 3.63) is 51.4 Å². The Morgan fingerprint density at radius 1 is 1.08 bits per heavy atom. The topological polar surface area (TPSA) is 32.7 Å². The number of aliphatic imine (C=N–C) groups is 1. The van der Waals surface area contributed by atoms with Crippen LogP contribution in [0.3, 0.4) is 0 Å². The maximum Gasteiger partial charge on any atom is 0.249 e. The summed E-state index contributed by atoms with van der Waals surface area (Å²) in [6, 6.07) is 8.36. The lowest BCUT2D eigenvalue weighted by molar-refractivity contribution is -0.117. The van der Waals surface area contributed by atoms with Crippen molar-refractivity contribution in [2.45, 2.75) is 48.1 Å². The normalized spacial score (nSPS) is 13.7. The number of amides is 1. The largest absolute Gasteiger partial charge is 0.297 e. The van der Waals surface area contributed by atoms with Gasteiger partial charge >= 0.3 is 0 Å². The Kier molecular flexibility index (Phi) is 5.94. The number of carbonyl (C=O) groups excluding carboxylic acids is 1. The number of nitrogens with zero attached hydrogens (tertiary/aromatic N) is 2. The second-order valence-corrected chi connectivity index (χ2v) is 7.03. The Labute approximate surface area is 149 Å². The Morgan fingerprint density at radius 3 is 2.33 bits per heavy atom. The number of thiophene rings is 1. The van der Waals surface area contributed by atoms with Crippen molar-refractivity contribution in [3.8, 4) is 0 Å². The predicted molar refractivity (Wildman–Crippen MR) is 105 cm³/mol. The molecule has 0 saturated carbocycles. The van der Waals surface area contributed by atoms with Gasteiger partial charge in [-0.05, 0) is 38.8 Å². The minimum atomic E-state index is 0.0694. The summed E-state index contributed by atoms with van der Waals surface area (Å²) in [5.74, 6) is 0.0694. The van der Waals surface area contributed by atoms with E-state index in [1.54, 1.807) is 11.3 Å². The lowest BCUT2D eigenvalue weighted by Crippen LogP contribution is -2.31. The van der Waals surface area contributed by atoms with E-state index in [4.69, 9.17) is 0 Å². The van der Waals surface area contributed by atoms with Gasteiger partial charge in [0.15, 0.2) is 0 Å². The zero-order valence-electron chi connectivity index (χ0n) is 15.4. The second kappa shape index (κ2) is 7.75. The van der Waals surface area contributed by atoms with Crippen molar-refractivity contribution in [3.63, 3.8) is 0 Å². The first-order valence-corrected chi connectivity index (χ1v) is 9.26. The summed E-state index contributed by atoms with van der Waals surface area (Å²) in [4.78, 5) is 20.1. The van der Waals surface area contributed by atoms with Crippen LogP contribution in [-0.4, -0.2) is 18.2 Å². The van der Waals surface area contributed by atoms with Gasteiger partial charge in [0, 0.05) is 16.2 Å². The van der Waals surface area contributed by atoms with Gasteiger partial charge in [0.1, 0.15) is 11.5 Å². The van der Waals surface area contributed by atoms with Gasteiger partial charge in [-0.3, -0.25) is 14.7 Å². The molecule has 0 atom stereocenters. The summed E-state index contributed by atoms with van der Waals surface area (Å²) in [7, 11) is 0. The van der Waals surface area contributed by atoms with Crippen molar-refractivity contribution in [1.29, 1.82) is 0 Å². The molecule has 0 fully saturated rings. The summed E-state index contributed by atoms with van der Waals surface area (Å²) < 4.78 is 0. The molecule has 0 bridgehead atoms. The second-order valence-electron chi connectivity index (χ2n) is 5.83. The van der Waals surface area contributed by atoms with Crippen molar-refractivity contribution < 1.29 is 4.79 Å². The van der Waals surface area contributed by atoms with Gasteiger partial charge in [-0.25, -0.2) is 0 Å². The van der Waals surface area contributed by atoms with E-state index in [0.717, 1.165) is 21.8 Å². The number of hydrogen-bond acceptors (Lipinski definition) is 3. The molecule has 2 aromatic rings.